The molecule has 2 aliphatic rings. The Labute approximate surface area is 76.2 Å². The van der Waals surface area contributed by atoms with Gasteiger partial charge in [-0.1, -0.05) is 6.92 Å². The second kappa shape index (κ2) is 2.87. The Morgan fingerprint density at radius 1 is 1.77 bits per heavy atom. The average Bonchev–Trinajstić information content (AvgIpc) is 2.41. The van der Waals surface area contributed by atoms with E-state index in [1.54, 1.807) is 11.8 Å². The lowest BCUT2D eigenvalue weighted by atomic mass is 10.0. The summed E-state index contributed by atoms with van der Waals surface area (Å²) in [6.07, 6.45) is 3.55. The number of ether oxygens (including phenoxy) is 1. The minimum atomic E-state index is -0.286. The lowest BCUT2D eigenvalue weighted by molar-refractivity contribution is -0.151. The Kier molecular flexibility index (Phi) is 1.83. The number of hydrogen-bond acceptors (Lipinski definition) is 3. The molecule has 13 heavy (non-hydrogen) atoms. The van der Waals surface area contributed by atoms with Gasteiger partial charge in [0.1, 0.15) is 0 Å². The number of esters is 1. The minimum Gasteiger partial charge on any atom is -0.410 e. The van der Waals surface area contributed by atoms with Crippen LogP contribution < -0.4 is 0 Å². The fraction of sp³-hybridized carbons (Fsp3) is 0.556. The molecule has 1 saturated heterocycles. The number of hydrogen-bond donors (Lipinski definition) is 0. The number of nitrogens with zero attached hydrogens (tertiary/aromatic N) is 1. The number of β-lactam (4-membered cyclic amide) rings is 1. The highest BCUT2D eigenvalue weighted by atomic mass is 16.6. The fourth-order valence-electron chi connectivity index (χ4n) is 1.59. The summed E-state index contributed by atoms with van der Waals surface area (Å²) >= 11 is 0. The molecule has 0 saturated carbocycles. The second-order valence-corrected chi connectivity index (χ2v) is 3.23. The van der Waals surface area contributed by atoms with Crippen molar-refractivity contribution in [3.8, 4) is 0 Å². The van der Waals surface area contributed by atoms with Gasteiger partial charge in [-0.25, -0.2) is 0 Å². The van der Waals surface area contributed by atoms with Gasteiger partial charge in [0, 0.05) is 12.8 Å². The minimum absolute atomic E-state index is 0.0534. The summed E-state index contributed by atoms with van der Waals surface area (Å²) in [6.45, 7) is 1.73. The molecule has 2 rings (SSSR count). The summed E-state index contributed by atoms with van der Waals surface area (Å²) in [5.74, 6) is 0.206. The van der Waals surface area contributed by atoms with Gasteiger partial charge in [0.05, 0.1) is 6.04 Å². The number of carbonyl (C=O) groups is 2. The van der Waals surface area contributed by atoms with Crippen LogP contribution in [0, 0.1) is 0 Å². The van der Waals surface area contributed by atoms with Crippen LogP contribution in [0.15, 0.2) is 12.0 Å². The van der Waals surface area contributed by atoms with Gasteiger partial charge in [-0.3, -0.25) is 14.5 Å². The zero-order valence-corrected chi connectivity index (χ0v) is 7.45. The van der Waals surface area contributed by atoms with Gasteiger partial charge >= 0.3 is 5.97 Å². The molecule has 0 N–H and O–H groups in total. The molecule has 0 unspecified atom stereocenters. The molecule has 0 radical (unpaired) electrons. The van der Waals surface area contributed by atoms with E-state index < -0.39 is 0 Å². The van der Waals surface area contributed by atoms with E-state index in [9.17, 15) is 9.59 Å². The van der Waals surface area contributed by atoms with Crippen LogP contribution in [0.2, 0.25) is 0 Å². The van der Waals surface area contributed by atoms with E-state index in [2.05, 4.69) is 0 Å². The van der Waals surface area contributed by atoms with E-state index >= 15 is 0 Å². The zero-order valence-electron chi connectivity index (χ0n) is 7.45. The van der Waals surface area contributed by atoms with Crippen LogP contribution in [0.4, 0.5) is 0 Å². The molecule has 0 aromatic rings. The summed E-state index contributed by atoms with van der Waals surface area (Å²) in [7, 11) is 0. The van der Waals surface area contributed by atoms with Crippen molar-refractivity contribution < 1.29 is 14.3 Å². The van der Waals surface area contributed by atoms with Gasteiger partial charge in [-0.05, 0) is 12.5 Å². The van der Waals surface area contributed by atoms with Gasteiger partial charge in [0.15, 0.2) is 0 Å². The van der Waals surface area contributed by atoms with Crippen molar-refractivity contribution >= 4 is 11.9 Å². The van der Waals surface area contributed by atoms with E-state index in [4.69, 9.17) is 4.74 Å². The van der Waals surface area contributed by atoms with Gasteiger partial charge in [-0.2, -0.15) is 0 Å². The summed E-state index contributed by atoms with van der Waals surface area (Å²) in [6, 6.07) is 0.257. The van der Waals surface area contributed by atoms with E-state index in [1.807, 2.05) is 6.08 Å². The molecular formula is C9H11NO3. The van der Waals surface area contributed by atoms with Gasteiger partial charge in [0.2, 0.25) is 11.8 Å². The highest BCUT2D eigenvalue weighted by molar-refractivity contribution is 5.86. The van der Waals surface area contributed by atoms with Crippen LogP contribution in [0.1, 0.15) is 26.2 Å². The number of carbonyl (C=O) groups excluding carboxylic acids is 2. The first-order valence-electron chi connectivity index (χ1n) is 4.45. The van der Waals surface area contributed by atoms with Gasteiger partial charge in [0.25, 0.3) is 0 Å². The lowest BCUT2D eigenvalue weighted by Gasteiger charge is -2.35. The molecule has 0 bridgehead atoms. The molecule has 0 aromatic heterocycles. The average molecular weight is 181 g/mol. The molecule has 1 atom stereocenters. The van der Waals surface area contributed by atoms with E-state index in [0.29, 0.717) is 18.7 Å². The molecule has 0 aromatic carbocycles. The van der Waals surface area contributed by atoms with Crippen LogP contribution in [-0.2, 0) is 14.3 Å². The zero-order chi connectivity index (χ0) is 9.42. The van der Waals surface area contributed by atoms with Crippen LogP contribution in [0.5, 0.6) is 0 Å². The standard InChI is InChI=1S/C9H11NO3/c1-2-9(12)13-8-4-3-6-5-7(11)10(6)8/h4,6H,2-3,5H2,1H3/t6-/m1/s1. The Bertz CT molecular complexity index is 295. The summed E-state index contributed by atoms with van der Waals surface area (Å²) in [5.41, 5.74) is 0. The lowest BCUT2D eigenvalue weighted by Crippen LogP contribution is -2.49. The predicted molar refractivity (Wildman–Crippen MR) is 44.3 cm³/mol. The summed E-state index contributed by atoms with van der Waals surface area (Å²) in [5, 5.41) is 0. The molecule has 2 aliphatic heterocycles. The predicted octanol–water partition coefficient (Wildman–Crippen LogP) is 0.786. The molecular weight excluding hydrogens is 170 g/mol. The van der Waals surface area contributed by atoms with Crippen molar-refractivity contribution in [2.24, 2.45) is 0 Å². The van der Waals surface area contributed by atoms with Crippen LogP contribution in [0.25, 0.3) is 0 Å². The fourth-order valence-corrected chi connectivity index (χ4v) is 1.59. The number of fused-ring (bicyclic) bond motifs is 1. The monoisotopic (exact) mass is 181 g/mol. The van der Waals surface area contributed by atoms with Crippen LogP contribution in [-0.4, -0.2) is 22.8 Å². The highest BCUT2D eigenvalue weighted by Crippen LogP contribution is 2.33. The quantitative estimate of drug-likeness (QED) is 0.467. The Morgan fingerprint density at radius 3 is 3.15 bits per heavy atom. The van der Waals surface area contributed by atoms with Crippen molar-refractivity contribution in [3.05, 3.63) is 12.0 Å². The normalized spacial score (nSPS) is 25.0. The third-order valence-electron chi connectivity index (χ3n) is 2.35. The largest absolute Gasteiger partial charge is 0.410 e. The topological polar surface area (TPSA) is 46.6 Å². The maximum atomic E-state index is 11.1. The first-order chi connectivity index (χ1) is 6.22. The summed E-state index contributed by atoms with van der Waals surface area (Å²) in [4.78, 5) is 23.6. The van der Waals surface area contributed by atoms with E-state index in [-0.39, 0.29) is 17.9 Å². The van der Waals surface area contributed by atoms with Crippen molar-refractivity contribution in [2.75, 3.05) is 0 Å². The third kappa shape index (κ3) is 1.22. The molecule has 1 amide bonds. The molecule has 4 nitrogen and oxygen atoms in total. The number of amides is 1. The maximum Gasteiger partial charge on any atom is 0.312 e. The number of rotatable bonds is 2. The Hall–Kier alpha value is -1.32. The van der Waals surface area contributed by atoms with Crippen molar-refractivity contribution in [1.82, 2.24) is 4.90 Å². The van der Waals surface area contributed by atoms with Crippen LogP contribution in [0.3, 0.4) is 0 Å². The third-order valence-corrected chi connectivity index (χ3v) is 2.35. The van der Waals surface area contributed by atoms with Gasteiger partial charge in [-0.15, -0.1) is 0 Å². The van der Waals surface area contributed by atoms with E-state index in [0.717, 1.165) is 6.42 Å². The maximum absolute atomic E-state index is 11.1. The van der Waals surface area contributed by atoms with Crippen LogP contribution >= 0.6 is 0 Å². The van der Waals surface area contributed by atoms with E-state index in [1.165, 1.54) is 0 Å². The van der Waals surface area contributed by atoms with Crippen molar-refractivity contribution in [2.45, 2.75) is 32.2 Å². The smallest absolute Gasteiger partial charge is 0.312 e. The molecule has 0 spiro atoms. The highest BCUT2D eigenvalue weighted by Gasteiger charge is 2.43. The van der Waals surface area contributed by atoms with Gasteiger partial charge < -0.3 is 4.74 Å². The SMILES string of the molecule is CCC(=O)OC1=CC[C@@H]2CC(=O)N12. The second-order valence-electron chi connectivity index (χ2n) is 3.23. The van der Waals surface area contributed by atoms with Crippen molar-refractivity contribution in [1.29, 1.82) is 0 Å². The first kappa shape index (κ1) is 8.29. The molecule has 1 fully saturated rings. The Balaban J connectivity index is 2.00. The summed E-state index contributed by atoms with van der Waals surface area (Å²) < 4.78 is 4.99. The molecule has 2 heterocycles. The first-order valence-corrected chi connectivity index (χ1v) is 4.45. The molecule has 4 heteroatoms. The Morgan fingerprint density at radius 2 is 2.54 bits per heavy atom. The molecule has 0 aliphatic carbocycles. The van der Waals surface area contributed by atoms with Crippen molar-refractivity contribution in [3.63, 3.8) is 0 Å². The molecule has 70 valence electrons.